The molecule has 2 atom stereocenters. The molecule has 1 heterocycles. The van der Waals surface area contributed by atoms with Crippen LogP contribution in [0.4, 0.5) is 0 Å². The van der Waals surface area contributed by atoms with Crippen LogP contribution in [0.2, 0.25) is 0 Å². The maximum absolute atomic E-state index is 12.2. The third-order valence-corrected chi connectivity index (χ3v) is 3.38. The van der Waals surface area contributed by atoms with E-state index in [0.29, 0.717) is 19.1 Å². The van der Waals surface area contributed by atoms with Gasteiger partial charge in [0.05, 0.1) is 18.8 Å². The number of nitrogens with zero attached hydrogens (tertiary/aromatic N) is 1. The molecule has 1 fully saturated rings. The van der Waals surface area contributed by atoms with E-state index in [4.69, 9.17) is 4.74 Å². The smallest absolute Gasteiger partial charge is 0.223 e. The molecule has 0 aromatic carbocycles. The first kappa shape index (κ1) is 15.4. The van der Waals surface area contributed by atoms with Crippen LogP contribution in [0.15, 0.2) is 0 Å². The molecule has 0 saturated carbocycles. The zero-order valence-electron chi connectivity index (χ0n) is 12.2. The van der Waals surface area contributed by atoms with Crippen molar-refractivity contribution in [3.05, 3.63) is 0 Å². The second kappa shape index (κ2) is 7.74. The zero-order valence-corrected chi connectivity index (χ0v) is 12.2. The minimum Gasteiger partial charge on any atom is -0.375 e. The Kier molecular flexibility index (Phi) is 6.65. The Bertz CT molecular complexity index is 256. The minimum absolute atomic E-state index is 0.172. The third kappa shape index (κ3) is 4.94. The Morgan fingerprint density at radius 3 is 2.83 bits per heavy atom. The van der Waals surface area contributed by atoms with E-state index in [9.17, 15) is 4.79 Å². The van der Waals surface area contributed by atoms with Gasteiger partial charge in [-0.1, -0.05) is 20.8 Å². The molecule has 1 N–H and O–H groups in total. The molecule has 0 spiro atoms. The van der Waals surface area contributed by atoms with E-state index in [0.717, 1.165) is 25.9 Å². The number of morpholine rings is 1. The number of carbonyl (C=O) groups is 1. The molecule has 1 saturated heterocycles. The Balaban J connectivity index is 2.33. The van der Waals surface area contributed by atoms with E-state index in [1.807, 2.05) is 11.8 Å². The van der Waals surface area contributed by atoms with Crippen molar-refractivity contribution >= 4 is 5.91 Å². The average Bonchev–Trinajstić information content (AvgIpc) is 2.34. The van der Waals surface area contributed by atoms with Crippen molar-refractivity contribution in [1.29, 1.82) is 0 Å². The lowest BCUT2D eigenvalue weighted by atomic mass is 10.1. The molecular formula is C14H28N2O2. The standard InChI is InChI=1S/C14H28N2O2/c1-5-13-10-18-12(4)9-16(13)14(17)7-6-8-15-11(2)3/h11-13,15H,5-10H2,1-4H3. The molecule has 2 unspecified atom stereocenters. The average molecular weight is 256 g/mol. The Labute approximate surface area is 111 Å². The summed E-state index contributed by atoms with van der Waals surface area (Å²) in [5.41, 5.74) is 0. The molecule has 1 rings (SSSR count). The van der Waals surface area contributed by atoms with Crippen LogP contribution in [-0.2, 0) is 9.53 Å². The van der Waals surface area contributed by atoms with Crippen molar-refractivity contribution in [3.63, 3.8) is 0 Å². The summed E-state index contributed by atoms with van der Waals surface area (Å²) in [4.78, 5) is 14.2. The monoisotopic (exact) mass is 256 g/mol. The molecular weight excluding hydrogens is 228 g/mol. The molecule has 1 aliphatic heterocycles. The highest BCUT2D eigenvalue weighted by molar-refractivity contribution is 5.76. The second-order valence-electron chi connectivity index (χ2n) is 5.46. The first-order chi connectivity index (χ1) is 8.54. The van der Waals surface area contributed by atoms with Gasteiger partial charge in [0.15, 0.2) is 0 Å². The molecule has 0 aromatic rings. The van der Waals surface area contributed by atoms with E-state index in [2.05, 4.69) is 26.1 Å². The van der Waals surface area contributed by atoms with Crippen LogP contribution in [0, 0.1) is 0 Å². The Hall–Kier alpha value is -0.610. The van der Waals surface area contributed by atoms with Gasteiger partial charge in [-0.3, -0.25) is 4.79 Å². The van der Waals surface area contributed by atoms with Gasteiger partial charge in [-0.05, 0) is 26.3 Å². The highest BCUT2D eigenvalue weighted by Crippen LogP contribution is 2.16. The van der Waals surface area contributed by atoms with E-state index >= 15 is 0 Å². The van der Waals surface area contributed by atoms with Crippen LogP contribution < -0.4 is 5.32 Å². The highest BCUT2D eigenvalue weighted by atomic mass is 16.5. The summed E-state index contributed by atoms with van der Waals surface area (Å²) in [6.07, 6.45) is 2.70. The lowest BCUT2D eigenvalue weighted by Gasteiger charge is -2.38. The molecule has 0 aliphatic carbocycles. The van der Waals surface area contributed by atoms with Gasteiger partial charge in [-0.2, -0.15) is 0 Å². The zero-order chi connectivity index (χ0) is 13.5. The van der Waals surface area contributed by atoms with Gasteiger partial charge in [0.25, 0.3) is 0 Å². The number of amides is 1. The fourth-order valence-corrected chi connectivity index (χ4v) is 2.26. The van der Waals surface area contributed by atoms with Crippen LogP contribution in [0.3, 0.4) is 0 Å². The predicted molar refractivity (Wildman–Crippen MR) is 73.6 cm³/mol. The van der Waals surface area contributed by atoms with Gasteiger partial charge in [0.2, 0.25) is 5.91 Å². The van der Waals surface area contributed by atoms with Gasteiger partial charge < -0.3 is 15.0 Å². The Morgan fingerprint density at radius 1 is 1.50 bits per heavy atom. The molecule has 18 heavy (non-hydrogen) atoms. The topological polar surface area (TPSA) is 41.6 Å². The lowest BCUT2D eigenvalue weighted by molar-refractivity contribution is -0.144. The minimum atomic E-state index is 0.172. The number of ether oxygens (including phenoxy) is 1. The molecule has 1 aliphatic rings. The van der Waals surface area contributed by atoms with Crippen LogP contribution in [0.1, 0.15) is 47.0 Å². The van der Waals surface area contributed by atoms with E-state index in [1.165, 1.54) is 0 Å². The molecule has 4 nitrogen and oxygen atoms in total. The molecule has 4 heteroatoms. The quantitative estimate of drug-likeness (QED) is 0.737. The fourth-order valence-electron chi connectivity index (χ4n) is 2.26. The highest BCUT2D eigenvalue weighted by Gasteiger charge is 2.28. The third-order valence-electron chi connectivity index (χ3n) is 3.38. The van der Waals surface area contributed by atoms with Gasteiger partial charge in [0.1, 0.15) is 0 Å². The van der Waals surface area contributed by atoms with Crippen LogP contribution >= 0.6 is 0 Å². The number of rotatable bonds is 6. The first-order valence-corrected chi connectivity index (χ1v) is 7.19. The van der Waals surface area contributed by atoms with Crippen LogP contribution in [-0.4, -0.2) is 48.7 Å². The SMILES string of the molecule is CCC1COC(C)CN1C(=O)CCCNC(C)C. The second-order valence-corrected chi connectivity index (χ2v) is 5.46. The summed E-state index contributed by atoms with van der Waals surface area (Å²) in [6, 6.07) is 0.763. The number of nitrogens with one attached hydrogen (secondary N) is 1. The van der Waals surface area contributed by atoms with E-state index in [-0.39, 0.29) is 18.1 Å². The summed E-state index contributed by atoms with van der Waals surface area (Å²) in [7, 11) is 0. The van der Waals surface area contributed by atoms with Gasteiger partial charge >= 0.3 is 0 Å². The maximum Gasteiger partial charge on any atom is 0.223 e. The van der Waals surface area contributed by atoms with E-state index in [1.54, 1.807) is 0 Å². The van der Waals surface area contributed by atoms with Crippen molar-refractivity contribution in [3.8, 4) is 0 Å². The normalized spacial score (nSPS) is 24.6. The van der Waals surface area contributed by atoms with Crippen molar-refractivity contribution in [2.45, 2.75) is 65.1 Å². The van der Waals surface area contributed by atoms with Gasteiger partial charge in [-0.15, -0.1) is 0 Å². The fraction of sp³-hybridized carbons (Fsp3) is 0.929. The summed E-state index contributed by atoms with van der Waals surface area (Å²) in [6.45, 7) is 10.7. The van der Waals surface area contributed by atoms with Gasteiger partial charge in [-0.25, -0.2) is 0 Å². The summed E-state index contributed by atoms with van der Waals surface area (Å²) in [5, 5.41) is 3.34. The van der Waals surface area contributed by atoms with Crippen LogP contribution in [0.25, 0.3) is 0 Å². The molecule has 0 aromatic heterocycles. The molecule has 0 bridgehead atoms. The predicted octanol–water partition coefficient (Wildman–Crippen LogP) is 1.79. The molecule has 106 valence electrons. The number of hydrogen-bond acceptors (Lipinski definition) is 3. The van der Waals surface area contributed by atoms with Crippen molar-refractivity contribution < 1.29 is 9.53 Å². The Morgan fingerprint density at radius 2 is 2.22 bits per heavy atom. The maximum atomic E-state index is 12.2. The van der Waals surface area contributed by atoms with Crippen molar-refractivity contribution in [2.24, 2.45) is 0 Å². The largest absolute Gasteiger partial charge is 0.375 e. The number of hydrogen-bond donors (Lipinski definition) is 1. The summed E-state index contributed by atoms with van der Waals surface area (Å²) >= 11 is 0. The lowest BCUT2D eigenvalue weighted by Crippen LogP contribution is -2.51. The van der Waals surface area contributed by atoms with Gasteiger partial charge in [0, 0.05) is 19.0 Å². The summed E-state index contributed by atoms with van der Waals surface area (Å²) in [5.74, 6) is 0.280. The van der Waals surface area contributed by atoms with Crippen molar-refractivity contribution in [1.82, 2.24) is 10.2 Å². The molecule has 0 radical (unpaired) electrons. The number of carbonyl (C=O) groups excluding carboxylic acids is 1. The van der Waals surface area contributed by atoms with Crippen molar-refractivity contribution in [2.75, 3.05) is 19.7 Å². The first-order valence-electron chi connectivity index (χ1n) is 7.19. The summed E-state index contributed by atoms with van der Waals surface area (Å²) < 4.78 is 5.61. The molecule has 1 amide bonds. The van der Waals surface area contributed by atoms with E-state index < -0.39 is 0 Å². The van der Waals surface area contributed by atoms with Crippen LogP contribution in [0.5, 0.6) is 0 Å².